The summed E-state index contributed by atoms with van der Waals surface area (Å²) < 4.78 is 0. The molecule has 1 aliphatic rings. The van der Waals surface area contributed by atoms with Crippen LogP contribution in [0.5, 0.6) is 0 Å². The normalized spacial score (nSPS) is 16.5. The van der Waals surface area contributed by atoms with Gasteiger partial charge < -0.3 is 16.3 Å². The summed E-state index contributed by atoms with van der Waals surface area (Å²) >= 11 is 0. The predicted molar refractivity (Wildman–Crippen MR) is 69.4 cm³/mol. The highest BCUT2D eigenvalue weighted by atomic mass is 16.4. The van der Waals surface area contributed by atoms with Gasteiger partial charge in [0, 0.05) is 12.7 Å². The molecule has 7 nitrogen and oxygen atoms in total. The first-order chi connectivity index (χ1) is 8.95. The van der Waals surface area contributed by atoms with E-state index in [9.17, 15) is 9.59 Å². The van der Waals surface area contributed by atoms with E-state index in [1.807, 2.05) is 0 Å². The van der Waals surface area contributed by atoms with Crippen LogP contribution in [0.3, 0.4) is 0 Å². The molecule has 0 aromatic heterocycles. The number of nitrogens with two attached hydrogens (primary N) is 1. The van der Waals surface area contributed by atoms with E-state index in [0.717, 1.165) is 4.90 Å². The molecule has 4 N–H and O–H groups in total. The van der Waals surface area contributed by atoms with Gasteiger partial charge >= 0.3 is 0 Å². The molecular formula is C12H14N4O3. The van der Waals surface area contributed by atoms with Gasteiger partial charge in [-0.1, -0.05) is 5.16 Å². The summed E-state index contributed by atoms with van der Waals surface area (Å²) in [7, 11) is 1.44. The maximum Gasteiger partial charge on any atom is 0.261 e. The molecular weight excluding hydrogens is 248 g/mol. The average molecular weight is 262 g/mol. The number of rotatable bonds is 3. The number of nitrogens with one attached hydrogen (secondary N) is 1. The average Bonchev–Trinajstić information content (AvgIpc) is 2.63. The molecule has 2 amide bonds. The van der Waals surface area contributed by atoms with Crippen LogP contribution in [0.15, 0.2) is 23.4 Å². The van der Waals surface area contributed by atoms with Crippen molar-refractivity contribution in [3.05, 3.63) is 29.3 Å². The maximum atomic E-state index is 11.8. The predicted octanol–water partition coefficient (Wildman–Crippen LogP) is 0.459. The summed E-state index contributed by atoms with van der Waals surface area (Å²) in [5.74, 6) is -0.615. The van der Waals surface area contributed by atoms with Gasteiger partial charge in [-0.2, -0.15) is 0 Å². The van der Waals surface area contributed by atoms with E-state index in [1.54, 1.807) is 25.1 Å². The Morgan fingerprint density at radius 3 is 2.63 bits per heavy atom. The van der Waals surface area contributed by atoms with Crippen LogP contribution in [0.2, 0.25) is 0 Å². The van der Waals surface area contributed by atoms with Crippen molar-refractivity contribution in [3.63, 3.8) is 0 Å². The lowest BCUT2D eigenvalue weighted by Gasteiger charge is -2.13. The summed E-state index contributed by atoms with van der Waals surface area (Å²) in [5, 5.41) is 14.4. The van der Waals surface area contributed by atoms with Crippen LogP contribution >= 0.6 is 0 Å². The third-order valence-electron chi connectivity index (χ3n) is 3.03. The molecule has 0 fully saturated rings. The Balaban J connectivity index is 2.29. The third-order valence-corrected chi connectivity index (χ3v) is 3.03. The Morgan fingerprint density at radius 2 is 2.00 bits per heavy atom. The zero-order valence-electron chi connectivity index (χ0n) is 10.5. The highest BCUT2D eigenvalue weighted by molar-refractivity contribution is 6.21. The van der Waals surface area contributed by atoms with Crippen LogP contribution in [-0.2, 0) is 0 Å². The molecule has 0 bridgehead atoms. The number of amides is 2. The minimum absolute atomic E-state index is 0.0278. The van der Waals surface area contributed by atoms with Gasteiger partial charge in [-0.05, 0) is 25.1 Å². The molecule has 0 saturated heterocycles. The zero-order chi connectivity index (χ0) is 14.2. The Labute approximate surface area is 109 Å². The first-order valence-electron chi connectivity index (χ1n) is 5.66. The lowest BCUT2D eigenvalue weighted by Crippen LogP contribution is -2.32. The van der Waals surface area contributed by atoms with E-state index >= 15 is 0 Å². The molecule has 1 aromatic carbocycles. The van der Waals surface area contributed by atoms with E-state index in [0.29, 0.717) is 16.8 Å². The van der Waals surface area contributed by atoms with Crippen molar-refractivity contribution in [2.75, 3.05) is 12.4 Å². The molecule has 1 aromatic rings. The number of anilines is 1. The van der Waals surface area contributed by atoms with Crippen molar-refractivity contribution in [2.45, 2.75) is 13.0 Å². The van der Waals surface area contributed by atoms with Crippen molar-refractivity contribution >= 4 is 23.3 Å². The zero-order valence-corrected chi connectivity index (χ0v) is 10.5. The molecule has 100 valence electrons. The van der Waals surface area contributed by atoms with Gasteiger partial charge in [-0.3, -0.25) is 14.5 Å². The lowest BCUT2D eigenvalue weighted by atomic mass is 10.1. The van der Waals surface area contributed by atoms with Gasteiger partial charge in [0.05, 0.1) is 17.2 Å². The van der Waals surface area contributed by atoms with E-state index in [4.69, 9.17) is 10.9 Å². The van der Waals surface area contributed by atoms with Crippen LogP contribution in [0, 0.1) is 0 Å². The molecule has 0 spiro atoms. The quantitative estimate of drug-likeness (QED) is 0.241. The fourth-order valence-electron chi connectivity index (χ4n) is 1.86. The van der Waals surface area contributed by atoms with Crippen molar-refractivity contribution in [1.29, 1.82) is 0 Å². The van der Waals surface area contributed by atoms with Crippen LogP contribution in [0.4, 0.5) is 5.69 Å². The molecule has 0 saturated carbocycles. The largest absolute Gasteiger partial charge is 0.409 e. The highest BCUT2D eigenvalue weighted by Crippen LogP contribution is 2.24. The Bertz CT molecular complexity index is 582. The number of hydrogen-bond donors (Lipinski definition) is 3. The second-order valence-corrected chi connectivity index (χ2v) is 4.32. The number of carbonyl (C=O) groups is 2. The van der Waals surface area contributed by atoms with E-state index in [-0.39, 0.29) is 17.6 Å². The maximum absolute atomic E-state index is 11.8. The highest BCUT2D eigenvalue weighted by Gasteiger charge is 2.32. The number of benzene rings is 1. The summed E-state index contributed by atoms with van der Waals surface area (Å²) in [5.41, 5.74) is 6.81. The number of hydrogen-bond acceptors (Lipinski definition) is 5. The number of carbonyl (C=O) groups excluding carboxylic acids is 2. The third kappa shape index (κ3) is 2.10. The molecule has 1 heterocycles. The van der Waals surface area contributed by atoms with Gasteiger partial charge in [0.2, 0.25) is 0 Å². The van der Waals surface area contributed by atoms with Crippen molar-refractivity contribution in [1.82, 2.24) is 4.90 Å². The molecule has 2 rings (SSSR count). The summed E-state index contributed by atoms with van der Waals surface area (Å²) in [6.45, 7) is 1.71. The van der Waals surface area contributed by atoms with E-state index in [1.165, 1.54) is 7.05 Å². The molecule has 19 heavy (non-hydrogen) atoms. The first-order valence-corrected chi connectivity index (χ1v) is 5.66. The summed E-state index contributed by atoms with van der Waals surface area (Å²) in [6, 6.07) is 4.44. The number of imide groups is 1. The van der Waals surface area contributed by atoms with Gasteiger partial charge in [0.15, 0.2) is 5.84 Å². The topological polar surface area (TPSA) is 108 Å². The Morgan fingerprint density at radius 1 is 1.37 bits per heavy atom. The Hall–Kier alpha value is -2.57. The summed E-state index contributed by atoms with van der Waals surface area (Å²) in [6.07, 6.45) is 0. The van der Waals surface area contributed by atoms with Crippen molar-refractivity contribution in [3.8, 4) is 0 Å². The molecule has 1 unspecified atom stereocenters. The Kier molecular flexibility index (Phi) is 3.12. The van der Waals surface area contributed by atoms with Gasteiger partial charge in [0.25, 0.3) is 11.8 Å². The molecule has 7 heteroatoms. The van der Waals surface area contributed by atoms with Crippen molar-refractivity contribution in [2.24, 2.45) is 10.9 Å². The number of fused-ring (bicyclic) bond motifs is 1. The number of nitrogens with zero attached hydrogens (tertiary/aromatic N) is 2. The monoisotopic (exact) mass is 262 g/mol. The van der Waals surface area contributed by atoms with Crippen LogP contribution in [0.1, 0.15) is 27.6 Å². The second kappa shape index (κ2) is 4.60. The smallest absolute Gasteiger partial charge is 0.261 e. The summed E-state index contributed by atoms with van der Waals surface area (Å²) in [4.78, 5) is 24.6. The molecule has 0 aliphatic carbocycles. The SMILES string of the molecule is CC(Nc1ccc2c(c1)C(=O)N(C)C2=O)C(N)=NO. The van der Waals surface area contributed by atoms with Crippen LogP contribution in [-0.4, -0.2) is 40.8 Å². The van der Waals surface area contributed by atoms with E-state index < -0.39 is 6.04 Å². The molecule has 1 aliphatic heterocycles. The number of oxime groups is 1. The van der Waals surface area contributed by atoms with Gasteiger partial charge in [0.1, 0.15) is 0 Å². The van der Waals surface area contributed by atoms with Gasteiger partial charge in [-0.25, -0.2) is 0 Å². The van der Waals surface area contributed by atoms with E-state index in [2.05, 4.69) is 10.5 Å². The van der Waals surface area contributed by atoms with Crippen LogP contribution in [0.25, 0.3) is 0 Å². The fourth-order valence-corrected chi connectivity index (χ4v) is 1.86. The fraction of sp³-hybridized carbons (Fsp3) is 0.250. The van der Waals surface area contributed by atoms with Crippen molar-refractivity contribution < 1.29 is 14.8 Å². The standard InChI is InChI=1S/C12H14N4O3/c1-6(10(13)15-19)14-7-3-4-8-9(5-7)12(18)16(2)11(8)17/h3-6,14,19H,1-2H3,(H2,13,15). The minimum Gasteiger partial charge on any atom is -0.409 e. The molecule has 1 atom stereocenters. The van der Waals surface area contributed by atoms with Gasteiger partial charge in [-0.15, -0.1) is 0 Å². The lowest BCUT2D eigenvalue weighted by molar-refractivity contribution is 0.0693. The first kappa shape index (κ1) is 12.9. The van der Waals surface area contributed by atoms with Crippen LogP contribution < -0.4 is 11.1 Å². The number of amidine groups is 1. The molecule has 0 radical (unpaired) electrons. The second-order valence-electron chi connectivity index (χ2n) is 4.32. The minimum atomic E-state index is -0.395.